The van der Waals surface area contributed by atoms with Crippen molar-refractivity contribution >= 4 is 17.5 Å². The number of fused-ring (bicyclic) bond motifs is 4. The van der Waals surface area contributed by atoms with Crippen LogP contribution in [0, 0.1) is 0 Å². The van der Waals surface area contributed by atoms with Gasteiger partial charge in [-0.1, -0.05) is 0 Å². The predicted octanol–water partition coefficient (Wildman–Crippen LogP) is 1.37. The van der Waals surface area contributed by atoms with E-state index in [0.717, 1.165) is 57.1 Å². The number of nitrogens with zero attached hydrogens (tertiary/aromatic N) is 3. The Morgan fingerprint density at radius 2 is 2.19 bits per heavy atom. The second-order valence-electron chi connectivity index (χ2n) is 5.94. The van der Waals surface area contributed by atoms with Crippen molar-refractivity contribution in [3.63, 3.8) is 0 Å². The molecule has 0 aliphatic carbocycles. The smallest absolute Gasteiger partial charge is 0.323 e. The summed E-state index contributed by atoms with van der Waals surface area (Å²) in [4.78, 5) is 21.4. The minimum absolute atomic E-state index is 0.00611. The molecule has 4 heterocycles. The van der Waals surface area contributed by atoms with Crippen LogP contribution in [-0.4, -0.2) is 49.4 Å². The molecule has 6 heteroatoms. The van der Waals surface area contributed by atoms with Crippen molar-refractivity contribution in [1.29, 1.82) is 0 Å². The summed E-state index contributed by atoms with van der Waals surface area (Å²) in [5.74, 6) is 0.802. The maximum absolute atomic E-state index is 12.7. The summed E-state index contributed by atoms with van der Waals surface area (Å²) in [5, 5.41) is 3.16. The van der Waals surface area contributed by atoms with E-state index in [9.17, 15) is 4.79 Å². The van der Waals surface area contributed by atoms with Crippen LogP contribution in [0.1, 0.15) is 19.3 Å². The molecule has 2 amide bonds. The molecule has 1 aromatic heterocycles. The van der Waals surface area contributed by atoms with E-state index in [1.54, 1.807) is 6.20 Å². The Morgan fingerprint density at radius 1 is 1.33 bits per heavy atom. The molecule has 2 saturated heterocycles. The van der Waals surface area contributed by atoms with Crippen LogP contribution in [0.25, 0.3) is 0 Å². The van der Waals surface area contributed by atoms with Gasteiger partial charge in [-0.15, -0.1) is 0 Å². The molecule has 2 fully saturated rings. The van der Waals surface area contributed by atoms with Crippen LogP contribution in [0.3, 0.4) is 0 Å². The highest BCUT2D eigenvalue weighted by Gasteiger charge is 2.40. The Balaban J connectivity index is 1.57. The van der Waals surface area contributed by atoms with Gasteiger partial charge in [0.1, 0.15) is 0 Å². The van der Waals surface area contributed by atoms with E-state index in [0.29, 0.717) is 0 Å². The van der Waals surface area contributed by atoms with Gasteiger partial charge in [0.15, 0.2) is 5.82 Å². The summed E-state index contributed by atoms with van der Waals surface area (Å²) in [7, 11) is 0. The summed E-state index contributed by atoms with van der Waals surface area (Å²) < 4.78 is 5.35. The van der Waals surface area contributed by atoms with Gasteiger partial charge in [0.25, 0.3) is 0 Å². The van der Waals surface area contributed by atoms with E-state index in [4.69, 9.17) is 4.74 Å². The Labute approximate surface area is 124 Å². The molecule has 1 aromatic rings. The van der Waals surface area contributed by atoms with Gasteiger partial charge in [-0.2, -0.15) is 0 Å². The lowest BCUT2D eigenvalue weighted by atomic mass is 10.1. The number of carbonyl (C=O) groups is 1. The van der Waals surface area contributed by atoms with Gasteiger partial charge in [0.2, 0.25) is 0 Å². The number of hydrogen-bond donors (Lipinski definition) is 1. The third-order valence-electron chi connectivity index (χ3n) is 4.63. The Kier molecular flexibility index (Phi) is 3.18. The largest absolute Gasteiger partial charge is 0.381 e. The van der Waals surface area contributed by atoms with Crippen LogP contribution in [0.5, 0.6) is 0 Å². The maximum Gasteiger partial charge on any atom is 0.323 e. The summed E-state index contributed by atoms with van der Waals surface area (Å²) >= 11 is 0. The molecule has 21 heavy (non-hydrogen) atoms. The van der Waals surface area contributed by atoms with Gasteiger partial charge < -0.3 is 15.0 Å². The summed E-state index contributed by atoms with van der Waals surface area (Å²) in [5.41, 5.74) is 1.08. The normalized spacial score (nSPS) is 24.9. The fourth-order valence-electron chi connectivity index (χ4n) is 3.51. The van der Waals surface area contributed by atoms with E-state index in [1.807, 2.05) is 11.0 Å². The van der Waals surface area contributed by atoms with Crippen molar-refractivity contribution in [2.45, 2.75) is 31.3 Å². The van der Waals surface area contributed by atoms with Crippen LogP contribution in [-0.2, 0) is 4.74 Å². The molecule has 0 saturated carbocycles. The lowest BCUT2D eigenvalue weighted by Crippen LogP contribution is -2.53. The quantitative estimate of drug-likeness (QED) is 0.848. The monoisotopic (exact) mass is 288 g/mol. The van der Waals surface area contributed by atoms with Crippen molar-refractivity contribution in [3.05, 3.63) is 18.3 Å². The van der Waals surface area contributed by atoms with Crippen LogP contribution in [0.2, 0.25) is 0 Å². The maximum atomic E-state index is 12.7. The van der Waals surface area contributed by atoms with Crippen molar-refractivity contribution in [2.24, 2.45) is 0 Å². The lowest BCUT2D eigenvalue weighted by Gasteiger charge is -2.36. The zero-order chi connectivity index (χ0) is 14.2. The molecule has 112 valence electrons. The number of carbonyl (C=O) groups excluding carboxylic acids is 1. The molecule has 2 bridgehead atoms. The number of urea groups is 1. The molecule has 1 N–H and O–H groups in total. The van der Waals surface area contributed by atoms with Gasteiger partial charge in [0, 0.05) is 38.5 Å². The molecular weight excluding hydrogens is 268 g/mol. The van der Waals surface area contributed by atoms with Crippen molar-refractivity contribution < 1.29 is 9.53 Å². The van der Waals surface area contributed by atoms with Crippen LogP contribution >= 0.6 is 0 Å². The average molecular weight is 288 g/mol. The molecule has 1 unspecified atom stereocenters. The lowest BCUT2D eigenvalue weighted by molar-refractivity contribution is 0.0803. The molecule has 3 aliphatic heterocycles. The van der Waals surface area contributed by atoms with Gasteiger partial charge >= 0.3 is 6.03 Å². The minimum atomic E-state index is -0.00611. The van der Waals surface area contributed by atoms with Crippen molar-refractivity contribution in [3.8, 4) is 0 Å². The molecule has 1 atom stereocenters. The third-order valence-corrected chi connectivity index (χ3v) is 4.63. The fourth-order valence-corrected chi connectivity index (χ4v) is 3.51. The van der Waals surface area contributed by atoms with E-state index in [1.165, 1.54) is 0 Å². The van der Waals surface area contributed by atoms with Crippen LogP contribution in [0.15, 0.2) is 18.3 Å². The topological polar surface area (TPSA) is 57.7 Å². The number of aromatic nitrogens is 1. The first kappa shape index (κ1) is 12.9. The highest BCUT2D eigenvalue weighted by molar-refractivity contribution is 5.96. The first-order chi connectivity index (χ1) is 10.3. The predicted molar refractivity (Wildman–Crippen MR) is 79.7 cm³/mol. The second kappa shape index (κ2) is 5.18. The summed E-state index contributed by atoms with van der Waals surface area (Å²) in [6.07, 6.45) is 4.56. The van der Waals surface area contributed by atoms with Gasteiger partial charge in [-0.05, 0) is 31.4 Å². The van der Waals surface area contributed by atoms with E-state index < -0.39 is 0 Å². The Hall–Kier alpha value is -1.82. The van der Waals surface area contributed by atoms with E-state index in [2.05, 4.69) is 21.3 Å². The van der Waals surface area contributed by atoms with E-state index in [-0.39, 0.29) is 18.1 Å². The summed E-state index contributed by atoms with van der Waals surface area (Å²) in [6, 6.07) is 4.45. The highest BCUT2D eigenvalue weighted by atomic mass is 16.5. The van der Waals surface area contributed by atoms with Gasteiger partial charge in [-0.3, -0.25) is 4.90 Å². The molecule has 0 aromatic carbocycles. The average Bonchev–Trinajstić information content (AvgIpc) is 2.93. The number of pyridine rings is 1. The van der Waals surface area contributed by atoms with Gasteiger partial charge in [-0.25, -0.2) is 9.78 Å². The minimum Gasteiger partial charge on any atom is -0.381 e. The van der Waals surface area contributed by atoms with Gasteiger partial charge in [0.05, 0.1) is 11.7 Å². The first-order valence-corrected chi connectivity index (χ1v) is 7.70. The Morgan fingerprint density at radius 3 is 3.05 bits per heavy atom. The van der Waals surface area contributed by atoms with E-state index >= 15 is 0 Å². The van der Waals surface area contributed by atoms with Crippen molar-refractivity contribution in [1.82, 2.24) is 10.3 Å². The SMILES string of the molecule is O=C(NC1CCOCC1)N1c2ncccc2N2CCC1C2. The molecule has 6 nitrogen and oxygen atoms in total. The highest BCUT2D eigenvalue weighted by Crippen LogP contribution is 2.38. The summed E-state index contributed by atoms with van der Waals surface area (Å²) in [6.45, 7) is 3.39. The number of hydrogen-bond acceptors (Lipinski definition) is 4. The second-order valence-corrected chi connectivity index (χ2v) is 5.94. The molecule has 0 spiro atoms. The molecular formula is C15H20N4O2. The first-order valence-electron chi connectivity index (χ1n) is 7.70. The standard InChI is InChI=1S/C15H20N4O2/c20-15(17-11-4-8-21-9-5-11)19-12-3-7-18(10-12)13-2-1-6-16-14(13)19/h1-2,6,11-12H,3-5,7-10H2,(H,17,20). The zero-order valence-corrected chi connectivity index (χ0v) is 12.0. The third kappa shape index (κ3) is 2.23. The van der Waals surface area contributed by atoms with Crippen LogP contribution < -0.4 is 15.1 Å². The van der Waals surface area contributed by atoms with Crippen molar-refractivity contribution in [2.75, 3.05) is 36.1 Å². The number of amides is 2. The molecule has 3 aliphatic rings. The Bertz CT molecular complexity index is 544. The number of rotatable bonds is 1. The number of nitrogens with one attached hydrogen (secondary N) is 1. The molecule has 0 radical (unpaired) electrons. The zero-order valence-electron chi connectivity index (χ0n) is 12.0. The number of anilines is 2. The number of ether oxygens (including phenoxy) is 1. The molecule has 4 rings (SSSR count). The fraction of sp³-hybridized carbons (Fsp3) is 0.600. The van der Waals surface area contributed by atoms with Crippen LogP contribution in [0.4, 0.5) is 16.3 Å².